The predicted molar refractivity (Wildman–Crippen MR) is 67.0 cm³/mol. The van der Waals surface area contributed by atoms with Gasteiger partial charge in [0.15, 0.2) is 6.61 Å². The van der Waals surface area contributed by atoms with Gasteiger partial charge in [0.1, 0.15) is 5.75 Å². The van der Waals surface area contributed by atoms with Crippen LogP contribution in [0, 0.1) is 0 Å². The summed E-state index contributed by atoms with van der Waals surface area (Å²) in [5, 5.41) is 0.0965. The van der Waals surface area contributed by atoms with Crippen LogP contribution in [0.15, 0.2) is 23.1 Å². The Morgan fingerprint density at radius 1 is 1.44 bits per heavy atom. The Morgan fingerprint density at radius 2 is 2.06 bits per heavy atom. The number of hydrogen-bond acceptors (Lipinski definition) is 4. The zero-order valence-corrected chi connectivity index (χ0v) is 11.5. The lowest BCUT2D eigenvalue weighted by molar-refractivity contribution is -0.119. The zero-order chi connectivity index (χ0) is 13.9. The first kappa shape index (κ1) is 14.7. The molecule has 1 amide bonds. The molecule has 18 heavy (non-hydrogen) atoms. The molecule has 0 aliphatic carbocycles. The van der Waals surface area contributed by atoms with Gasteiger partial charge in [-0.15, -0.1) is 0 Å². The van der Waals surface area contributed by atoms with Crippen molar-refractivity contribution in [3.8, 4) is 5.75 Å². The fraction of sp³-hybridized carbons (Fsp3) is 0.300. The summed E-state index contributed by atoms with van der Waals surface area (Å²) in [6.45, 7) is -0.320. The first-order chi connectivity index (χ1) is 8.25. The minimum Gasteiger partial charge on any atom is -0.482 e. The normalized spacial score (nSPS) is 11.6. The van der Waals surface area contributed by atoms with E-state index in [0.717, 1.165) is 4.31 Å². The van der Waals surface area contributed by atoms with Gasteiger partial charge in [-0.3, -0.25) is 4.79 Å². The highest BCUT2D eigenvalue weighted by molar-refractivity contribution is 7.89. The van der Waals surface area contributed by atoms with E-state index in [-0.39, 0.29) is 22.3 Å². The molecule has 0 aromatic heterocycles. The summed E-state index contributed by atoms with van der Waals surface area (Å²) in [7, 11) is -0.711. The Kier molecular flexibility index (Phi) is 4.55. The molecule has 2 N–H and O–H groups in total. The Hall–Kier alpha value is -1.31. The van der Waals surface area contributed by atoms with E-state index in [1.807, 2.05) is 0 Å². The molecule has 1 aromatic carbocycles. The molecule has 0 fully saturated rings. The Morgan fingerprint density at radius 3 is 2.50 bits per heavy atom. The average molecular weight is 293 g/mol. The van der Waals surface area contributed by atoms with Gasteiger partial charge >= 0.3 is 0 Å². The monoisotopic (exact) mass is 292 g/mol. The number of nitrogens with zero attached hydrogens (tertiary/aromatic N) is 1. The predicted octanol–water partition coefficient (Wildman–Crippen LogP) is 0.454. The highest BCUT2D eigenvalue weighted by atomic mass is 35.5. The van der Waals surface area contributed by atoms with Gasteiger partial charge in [0.25, 0.3) is 5.91 Å². The molecule has 6 nitrogen and oxygen atoms in total. The van der Waals surface area contributed by atoms with Crippen molar-refractivity contribution in [2.24, 2.45) is 5.73 Å². The van der Waals surface area contributed by atoms with Crippen molar-refractivity contribution in [1.82, 2.24) is 4.31 Å². The van der Waals surface area contributed by atoms with Crippen LogP contribution in [0.2, 0.25) is 5.02 Å². The first-order valence-corrected chi connectivity index (χ1v) is 6.70. The van der Waals surface area contributed by atoms with Gasteiger partial charge in [0.05, 0.1) is 9.92 Å². The molecule has 0 radical (unpaired) electrons. The van der Waals surface area contributed by atoms with Crippen molar-refractivity contribution in [2.75, 3.05) is 20.7 Å². The van der Waals surface area contributed by atoms with Crippen molar-refractivity contribution < 1.29 is 17.9 Å². The van der Waals surface area contributed by atoms with Crippen molar-refractivity contribution in [3.63, 3.8) is 0 Å². The third-order valence-electron chi connectivity index (χ3n) is 2.05. The molecule has 8 heteroatoms. The van der Waals surface area contributed by atoms with Crippen LogP contribution in [0.1, 0.15) is 0 Å². The third-order valence-corrected chi connectivity index (χ3v) is 4.16. The third kappa shape index (κ3) is 3.34. The van der Waals surface area contributed by atoms with Crippen LogP contribution >= 0.6 is 11.6 Å². The smallest absolute Gasteiger partial charge is 0.255 e. The quantitative estimate of drug-likeness (QED) is 0.853. The second-order valence-corrected chi connectivity index (χ2v) is 6.19. The van der Waals surface area contributed by atoms with Gasteiger partial charge in [-0.25, -0.2) is 12.7 Å². The molecule has 0 heterocycles. The molecule has 100 valence electrons. The Bertz CT molecular complexity index is 557. The fourth-order valence-corrected chi connectivity index (χ4v) is 2.35. The second kappa shape index (κ2) is 5.55. The molecule has 0 saturated heterocycles. The van der Waals surface area contributed by atoms with Crippen LogP contribution in [0.25, 0.3) is 0 Å². The Labute approximate surface area is 110 Å². The molecule has 0 bridgehead atoms. The highest BCUT2D eigenvalue weighted by Gasteiger charge is 2.18. The number of primary amides is 1. The number of halogens is 1. The van der Waals surface area contributed by atoms with E-state index in [1.165, 1.54) is 32.3 Å². The van der Waals surface area contributed by atoms with Crippen LogP contribution in [-0.4, -0.2) is 39.3 Å². The van der Waals surface area contributed by atoms with E-state index < -0.39 is 15.9 Å². The number of carbonyl (C=O) groups is 1. The molecule has 0 aliphatic heterocycles. The van der Waals surface area contributed by atoms with Gasteiger partial charge in [-0.2, -0.15) is 0 Å². The summed E-state index contributed by atoms with van der Waals surface area (Å²) in [5.74, 6) is -0.441. The topological polar surface area (TPSA) is 89.7 Å². The molecule has 0 saturated carbocycles. The first-order valence-electron chi connectivity index (χ1n) is 4.88. The Balaban J connectivity index is 3.03. The maximum atomic E-state index is 11.8. The number of amides is 1. The van der Waals surface area contributed by atoms with Gasteiger partial charge in [0.2, 0.25) is 10.0 Å². The van der Waals surface area contributed by atoms with E-state index in [4.69, 9.17) is 22.1 Å². The van der Waals surface area contributed by atoms with Crippen LogP contribution < -0.4 is 10.5 Å². The summed E-state index contributed by atoms with van der Waals surface area (Å²) in [5.41, 5.74) is 4.92. The second-order valence-electron chi connectivity index (χ2n) is 3.63. The number of hydrogen-bond donors (Lipinski definition) is 1. The van der Waals surface area contributed by atoms with Gasteiger partial charge in [-0.1, -0.05) is 11.6 Å². The minimum atomic E-state index is -3.55. The average Bonchev–Trinajstić information content (AvgIpc) is 2.26. The maximum Gasteiger partial charge on any atom is 0.255 e. The molecule has 0 atom stereocenters. The van der Waals surface area contributed by atoms with Crippen LogP contribution in [0.3, 0.4) is 0 Å². The van der Waals surface area contributed by atoms with Crippen LogP contribution in [0.5, 0.6) is 5.75 Å². The van der Waals surface area contributed by atoms with Gasteiger partial charge in [-0.05, 0) is 18.2 Å². The number of nitrogens with two attached hydrogens (primary N) is 1. The van der Waals surface area contributed by atoms with Gasteiger partial charge in [0, 0.05) is 14.1 Å². The highest BCUT2D eigenvalue weighted by Crippen LogP contribution is 2.28. The SMILES string of the molecule is CN(C)S(=O)(=O)c1ccc(OCC(N)=O)c(Cl)c1. The molecular weight excluding hydrogens is 280 g/mol. The number of rotatable bonds is 5. The maximum absolute atomic E-state index is 11.8. The largest absolute Gasteiger partial charge is 0.482 e. The zero-order valence-electron chi connectivity index (χ0n) is 9.88. The lowest BCUT2D eigenvalue weighted by atomic mass is 10.3. The number of ether oxygens (including phenoxy) is 1. The van der Waals surface area contributed by atoms with Crippen LogP contribution in [-0.2, 0) is 14.8 Å². The standard InChI is InChI=1S/C10H13ClN2O4S/c1-13(2)18(15,16)7-3-4-9(8(11)5-7)17-6-10(12)14/h3-5H,6H2,1-2H3,(H2,12,14). The molecular formula is C10H13ClN2O4S. The van der Waals surface area contributed by atoms with E-state index in [9.17, 15) is 13.2 Å². The van der Waals surface area contributed by atoms with E-state index >= 15 is 0 Å². The van der Waals surface area contributed by atoms with E-state index in [0.29, 0.717) is 0 Å². The van der Waals surface area contributed by atoms with Crippen molar-refractivity contribution in [2.45, 2.75) is 4.90 Å². The lowest BCUT2D eigenvalue weighted by Gasteiger charge is -2.12. The van der Waals surface area contributed by atoms with Crippen LogP contribution in [0.4, 0.5) is 0 Å². The summed E-state index contributed by atoms with van der Waals surface area (Å²) in [6.07, 6.45) is 0. The number of benzene rings is 1. The molecule has 1 rings (SSSR count). The summed E-state index contributed by atoms with van der Waals surface area (Å²) in [6, 6.07) is 3.98. The van der Waals surface area contributed by atoms with Gasteiger partial charge < -0.3 is 10.5 Å². The molecule has 0 aliphatic rings. The summed E-state index contributed by atoms with van der Waals surface area (Å²) in [4.78, 5) is 10.6. The van der Waals surface area contributed by atoms with E-state index in [1.54, 1.807) is 0 Å². The number of sulfonamides is 1. The summed E-state index contributed by atoms with van der Waals surface area (Å²) < 4.78 is 29.7. The van der Waals surface area contributed by atoms with Crippen molar-refractivity contribution >= 4 is 27.5 Å². The number of carbonyl (C=O) groups excluding carboxylic acids is 1. The van der Waals surface area contributed by atoms with E-state index in [2.05, 4.69) is 0 Å². The minimum absolute atomic E-state index is 0.0453. The molecule has 1 aromatic rings. The molecule has 0 spiro atoms. The molecule has 0 unspecified atom stereocenters. The van der Waals surface area contributed by atoms with Crippen molar-refractivity contribution in [3.05, 3.63) is 23.2 Å². The summed E-state index contributed by atoms with van der Waals surface area (Å²) >= 11 is 5.86. The lowest BCUT2D eigenvalue weighted by Crippen LogP contribution is -2.22. The fourth-order valence-electron chi connectivity index (χ4n) is 1.12. The van der Waals surface area contributed by atoms with Crippen molar-refractivity contribution in [1.29, 1.82) is 0 Å².